The lowest BCUT2D eigenvalue weighted by Gasteiger charge is -2.21. The molecule has 2 atom stereocenters. The van der Waals surface area contributed by atoms with E-state index >= 15 is 0 Å². The third kappa shape index (κ3) is 4.21. The third-order valence-corrected chi connectivity index (χ3v) is 6.61. The lowest BCUT2D eigenvalue weighted by atomic mass is 9.96. The summed E-state index contributed by atoms with van der Waals surface area (Å²) in [4.78, 5) is 52.7. The Bertz CT molecular complexity index is 1130. The van der Waals surface area contributed by atoms with E-state index in [-0.39, 0.29) is 30.7 Å². The number of urea groups is 1. The number of carbonyl (C=O) groups is 4. The molecular weight excluding hydrogens is 436 g/mol. The normalized spacial score (nSPS) is 24.4. The predicted molar refractivity (Wildman–Crippen MR) is 123 cm³/mol. The minimum atomic E-state index is -0.923. The first-order chi connectivity index (χ1) is 16.3. The molecule has 176 valence electrons. The van der Waals surface area contributed by atoms with Crippen molar-refractivity contribution in [1.82, 2.24) is 15.5 Å². The Morgan fingerprint density at radius 1 is 1.06 bits per heavy atom. The maximum absolute atomic E-state index is 12.7. The van der Waals surface area contributed by atoms with Crippen LogP contribution < -0.4 is 20.3 Å². The highest BCUT2D eigenvalue weighted by Crippen LogP contribution is 2.42. The van der Waals surface area contributed by atoms with Crippen molar-refractivity contribution in [3.8, 4) is 11.5 Å². The van der Waals surface area contributed by atoms with Gasteiger partial charge in [0.15, 0.2) is 0 Å². The van der Waals surface area contributed by atoms with Crippen molar-refractivity contribution < 1.29 is 23.9 Å². The number of carbonyl (C=O) groups excluding carboxylic acids is 4. The van der Waals surface area contributed by atoms with Gasteiger partial charge in [0.2, 0.25) is 11.8 Å². The molecule has 2 aliphatic heterocycles. The van der Waals surface area contributed by atoms with Gasteiger partial charge in [-0.1, -0.05) is 18.2 Å². The first-order valence-corrected chi connectivity index (χ1v) is 11.4. The molecule has 3 aliphatic rings. The second-order valence-corrected chi connectivity index (χ2v) is 9.18. The van der Waals surface area contributed by atoms with Crippen LogP contribution in [-0.2, 0) is 14.4 Å². The Hall–Kier alpha value is -3.88. The summed E-state index contributed by atoms with van der Waals surface area (Å²) in [6, 6.07) is 15.6. The fourth-order valence-electron chi connectivity index (χ4n) is 4.59. The molecule has 0 bridgehead atoms. The summed E-state index contributed by atoms with van der Waals surface area (Å²) in [5, 5.41) is 5.52. The van der Waals surface area contributed by atoms with Crippen LogP contribution in [0.15, 0.2) is 54.6 Å². The average molecular weight is 463 g/mol. The Labute approximate surface area is 197 Å². The molecular formula is C25H26N4O5. The minimum Gasteiger partial charge on any atom is -0.457 e. The van der Waals surface area contributed by atoms with Crippen LogP contribution in [-0.4, -0.2) is 53.3 Å². The fourth-order valence-corrected chi connectivity index (χ4v) is 4.59. The highest BCUT2D eigenvalue weighted by molar-refractivity contribution is 6.09. The number of hydrogen-bond acceptors (Lipinski definition) is 5. The largest absolute Gasteiger partial charge is 0.457 e. The Kier molecular flexibility index (Phi) is 5.47. The standard InChI is InChI=1S/C25H26N4O5/c1-25(16-7-8-16)23(32)29(24(33)27-25)15-21(30)26-17-13-22(31)28(14-17)18-9-11-20(12-10-18)34-19-5-3-2-4-6-19/h2-6,9-12,16-17H,7-8,13-15H2,1H3,(H,26,30)(H,27,33). The molecule has 0 spiro atoms. The maximum Gasteiger partial charge on any atom is 0.325 e. The molecule has 0 aromatic heterocycles. The topological polar surface area (TPSA) is 108 Å². The van der Waals surface area contributed by atoms with Gasteiger partial charge in [-0.3, -0.25) is 19.3 Å². The molecule has 2 aromatic carbocycles. The fraction of sp³-hybridized carbons (Fsp3) is 0.360. The molecule has 9 heteroatoms. The van der Waals surface area contributed by atoms with Crippen molar-refractivity contribution >= 4 is 29.4 Å². The SMILES string of the molecule is CC1(C2CC2)NC(=O)N(CC(=O)NC2CC(=O)N(c3ccc(Oc4ccccc4)cc3)C2)C1=O. The van der Waals surface area contributed by atoms with E-state index in [9.17, 15) is 19.2 Å². The van der Waals surface area contributed by atoms with Crippen LogP contribution in [0, 0.1) is 5.92 Å². The summed E-state index contributed by atoms with van der Waals surface area (Å²) < 4.78 is 5.79. The molecule has 2 unspecified atom stereocenters. The Balaban J connectivity index is 1.16. The summed E-state index contributed by atoms with van der Waals surface area (Å²) in [6.07, 6.45) is 1.93. The van der Waals surface area contributed by atoms with Crippen LogP contribution in [0.2, 0.25) is 0 Å². The van der Waals surface area contributed by atoms with Crippen LogP contribution in [0.3, 0.4) is 0 Å². The lowest BCUT2D eigenvalue weighted by molar-refractivity contribution is -0.135. The van der Waals surface area contributed by atoms with E-state index < -0.39 is 23.5 Å². The molecule has 3 fully saturated rings. The Morgan fingerprint density at radius 2 is 1.74 bits per heavy atom. The van der Waals surface area contributed by atoms with Crippen molar-refractivity contribution in [3.05, 3.63) is 54.6 Å². The summed E-state index contributed by atoms with van der Waals surface area (Å²) in [5.41, 5.74) is -0.218. The van der Waals surface area contributed by atoms with Gasteiger partial charge in [-0.2, -0.15) is 0 Å². The predicted octanol–water partition coefficient (Wildman–Crippen LogP) is 2.42. The molecule has 1 saturated carbocycles. The smallest absolute Gasteiger partial charge is 0.325 e. The van der Waals surface area contributed by atoms with E-state index in [1.165, 1.54) is 0 Å². The molecule has 2 N–H and O–H groups in total. The molecule has 5 rings (SSSR count). The maximum atomic E-state index is 12.7. The van der Waals surface area contributed by atoms with E-state index in [0.29, 0.717) is 18.0 Å². The quantitative estimate of drug-likeness (QED) is 0.615. The summed E-state index contributed by atoms with van der Waals surface area (Å²) in [6.45, 7) is 1.67. The summed E-state index contributed by atoms with van der Waals surface area (Å²) in [7, 11) is 0. The molecule has 34 heavy (non-hydrogen) atoms. The Morgan fingerprint density at radius 3 is 2.41 bits per heavy atom. The molecule has 2 aromatic rings. The van der Waals surface area contributed by atoms with Crippen LogP contribution in [0.5, 0.6) is 11.5 Å². The lowest BCUT2D eigenvalue weighted by Crippen LogP contribution is -2.48. The van der Waals surface area contributed by atoms with Gasteiger partial charge in [-0.05, 0) is 62.1 Å². The van der Waals surface area contributed by atoms with E-state index in [0.717, 1.165) is 23.5 Å². The number of ether oxygens (including phenoxy) is 1. The molecule has 2 heterocycles. The van der Waals surface area contributed by atoms with Crippen molar-refractivity contribution in [2.75, 3.05) is 18.0 Å². The number of para-hydroxylation sites is 1. The summed E-state index contributed by atoms with van der Waals surface area (Å²) in [5.74, 6) is 0.559. The van der Waals surface area contributed by atoms with Gasteiger partial charge in [0.1, 0.15) is 23.6 Å². The zero-order valence-electron chi connectivity index (χ0n) is 18.8. The number of nitrogens with one attached hydrogen (secondary N) is 2. The number of benzene rings is 2. The van der Waals surface area contributed by atoms with Gasteiger partial charge in [0.05, 0.1) is 6.04 Å². The minimum absolute atomic E-state index is 0.113. The number of rotatable bonds is 7. The van der Waals surface area contributed by atoms with Crippen LogP contribution in [0.4, 0.5) is 10.5 Å². The molecule has 0 radical (unpaired) electrons. The van der Waals surface area contributed by atoms with Crippen LogP contribution in [0.25, 0.3) is 0 Å². The monoisotopic (exact) mass is 462 g/mol. The van der Waals surface area contributed by atoms with Gasteiger partial charge < -0.3 is 20.3 Å². The van der Waals surface area contributed by atoms with Crippen molar-refractivity contribution in [2.24, 2.45) is 5.92 Å². The molecule has 9 nitrogen and oxygen atoms in total. The first kappa shape index (κ1) is 21.9. The van der Waals surface area contributed by atoms with Crippen LogP contribution >= 0.6 is 0 Å². The highest BCUT2D eigenvalue weighted by atomic mass is 16.5. The van der Waals surface area contributed by atoms with Crippen molar-refractivity contribution in [1.29, 1.82) is 0 Å². The van der Waals surface area contributed by atoms with E-state index in [1.54, 1.807) is 36.1 Å². The first-order valence-electron chi connectivity index (χ1n) is 11.4. The highest BCUT2D eigenvalue weighted by Gasteiger charge is 2.56. The van der Waals surface area contributed by atoms with Gasteiger partial charge in [-0.25, -0.2) is 4.79 Å². The molecule has 1 aliphatic carbocycles. The average Bonchev–Trinajstić information content (AvgIpc) is 3.58. The molecule has 5 amide bonds. The van der Waals surface area contributed by atoms with E-state index in [2.05, 4.69) is 10.6 Å². The number of nitrogens with zero attached hydrogens (tertiary/aromatic N) is 2. The molecule has 2 saturated heterocycles. The zero-order valence-corrected chi connectivity index (χ0v) is 18.8. The van der Waals surface area contributed by atoms with Crippen LogP contribution in [0.1, 0.15) is 26.2 Å². The number of hydrogen-bond donors (Lipinski definition) is 2. The summed E-state index contributed by atoms with van der Waals surface area (Å²) >= 11 is 0. The third-order valence-electron chi connectivity index (χ3n) is 6.61. The van der Waals surface area contributed by atoms with Crippen molar-refractivity contribution in [3.63, 3.8) is 0 Å². The number of amides is 5. The van der Waals surface area contributed by atoms with Crippen molar-refractivity contribution in [2.45, 2.75) is 37.8 Å². The van der Waals surface area contributed by atoms with E-state index in [1.807, 2.05) is 30.3 Å². The number of anilines is 1. The van der Waals surface area contributed by atoms with Gasteiger partial charge in [-0.15, -0.1) is 0 Å². The second-order valence-electron chi connectivity index (χ2n) is 9.18. The number of imide groups is 1. The van der Waals surface area contributed by atoms with Gasteiger partial charge in [0.25, 0.3) is 5.91 Å². The van der Waals surface area contributed by atoms with Gasteiger partial charge in [0, 0.05) is 18.7 Å². The second kappa shape index (κ2) is 8.48. The zero-order chi connectivity index (χ0) is 23.9. The van der Waals surface area contributed by atoms with Gasteiger partial charge >= 0.3 is 6.03 Å². The van der Waals surface area contributed by atoms with E-state index in [4.69, 9.17) is 4.74 Å².